The van der Waals surface area contributed by atoms with Gasteiger partial charge >= 0.3 is 19.8 Å². The average molecular weight is 979 g/mol. The van der Waals surface area contributed by atoms with E-state index in [1.165, 1.54) is 12.8 Å². The molecule has 0 fully saturated rings. The van der Waals surface area contributed by atoms with Gasteiger partial charge in [0.25, 0.3) is 0 Å². The Kier molecular flexibility index (Phi) is 46.4. The van der Waals surface area contributed by atoms with Crippen molar-refractivity contribution in [2.45, 2.75) is 180 Å². The van der Waals surface area contributed by atoms with Crippen molar-refractivity contribution in [1.29, 1.82) is 0 Å². The fourth-order valence-corrected chi connectivity index (χ4v) is 7.06. The molecular formula is C59H97NO8P+. The average Bonchev–Trinajstić information content (AvgIpc) is 3.31. The van der Waals surface area contributed by atoms with Crippen LogP contribution in [0.4, 0.5) is 0 Å². The molecule has 0 saturated carbocycles. The molecule has 0 bridgehead atoms. The van der Waals surface area contributed by atoms with E-state index >= 15 is 0 Å². The monoisotopic (exact) mass is 979 g/mol. The summed E-state index contributed by atoms with van der Waals surface area (Å²) >= 11 is 0. The molecular weight excluding hydrogens is 882 g/mol. The van der Waals surface area contributed by atoms with Gasteiger partial charge in [-0.05, 0) is 109 Å². The number of likely N-dealkylation sites (N-methyl/N-ethyl adjacent to an activating group) is 1. The molecule has 9 nitrogen and oxygen atoms in total. The van der Waals surface area contributed by atoms with Gasteiger partial charge in [-0.15, -0.1) is 0 Å². The predicted octanol–water partition coefficient (Wildman–Crippen LogP) is 16.2. The standard InChI is InChI=1S/C59H96NO8P/c1-6-8-10-12-14-16-18-20-22-23-24-25-26-27-28-29-30-31-32-33-34-35-36-37-38-40-42-44-46-48-50-52-59(62)68-57(56-67-69(63,64)66-54-53-60(3,4)5)55-65-58(61)51-49-47-45-43-41-39-21-19-17-15-13-11-9-7-2/h8,10,13-16,19-22,24-25,27-28,30-31,33-34,36-37,40,42,57H,6-7,9,11-12,17-18,23,26,29,32,35,38-39,41,43-56H2,1-5H3/p+1/b10-8-,15-13-,16-14-,21-19-,22-20-,25-24-,28-27-,31-30-,34-33-,37-36-,42-40-. The molecule has 0 aromatic heterocycles. The number of quaternary nitrogens is 1. The van der Waals surface area contributed by atoms with Crippen LogP contribution >= 0.6 is 7.82 Å². The Morgan fingerprint density at radius 3 is 1.25 bits per heavy atom. The highest BCUT2D eigenvalue weighted by Gasteiger charge is 2.27. The van der Waals surface area contributed by atoms with Crippen molar-refractivity contribution in [2.24, 2.45) is 0 Å². The Morgan fingerprint density at radius 1 is 0.464 bits per heavy atom. The van der Waals surface area contributed by atoms with Gasteiger partial charge in [0.1, 0.15) is 19.8 Å². The molecule has 2 unspecified atom stereocenters. The molecule has 0 saturated heterocycles. The zero-order valence-corrected chi connectivity index (χ0v) is 44.9. The Bertz CT molecular complexity index is 1620. The van der Waals surface area contributed by atoms with Crippen LogP contribution in [0.1, 0.15) is 174 Å². The minimum absolute atomic E-state index is 0.0144. The van der Waals surface area contributed by atoms with Crippen LogP contribution < -0.4 is 0 Å². The third kappa shape index (κ3) is 53.4. The number of carbonyl (C=O) groups excluding carboxylic acids is 2. The molecule has 0 aromatic rings. The summed E-state index contributed by atoms with van der Waals surface area (Å²) < 4.78 is 34.4. The zero-order chi connectivity index (χ0) is 50.6. The van der Waals surface area contributed by atoms with Crippen molar-refractivity contribution in [2.75, 3.05) is 47.5 Å². The number of phosphoric ester groups is 1. The summed E-state index contributed by atoms with van der Waals surface area (Å²) in [6.45, 7) is 4.18. The van der Waals surface area contributed by atoms with E-state index in [0.717, 1.165) is 122 Å². The largest absolute Gasteiger partial charge is 0.472 e. The summed E-state index contributed by atoms with van der Waals surface area (Å²) in [6, 6.07) is 0. The highest BCUT2D eigenvalue weighted by atomic mass is 31.2. The lowest BCUT2D eigenvalue weighted by molar-refractivity contribution is -0.870. The van der Waals surface area contributed by atoms with Gasteiger partial charge in [-0.2, -0.15) is 0 Å². The molecule has 390 valence electrons. The lowest BCUT2D eigenvalue weighted by atomic mass is 10.1. The molecule has 0 aromatic carbocycles. The first-order valence-electron chi connectivity index (χ1n) is 26.4. The van der Waals surface area contributed by atoms with Gasteiger partial charge in [0.05, 0.1) is 27.7 Å². The quantitative estimate of drug-likeness (QED) is 0.0211. The van der Waals surface area contributed by atoms with E-state index in [1.807, 2.05) is 21.1 Å². The third-order valence-electron chi connectivity index (χ3n) is 10.4. The zero-order valence-electron chi connectivity index (χ0n) is 44.0. The Labute approximate surface area is 421 Å². The second kappa shape index (κ2) is 49.1. The smallest absolute Gasteiger partial charge is 0.462 e. The highest BCUT2D eigenvalue weighted by molar-refractivity contribution is 7.47. The molecule has 0 aliphatic heterocycles. The van der Waals surface area contributed by atoms with Gasteiger partial charge in [0, 0.05) is 12.8 Å². The van der Waals surface area contributed by atoms with Gasteiger partial charge < -0.3 is 18.9 Å². The number of hydrogen-bond donors (Lipinski definition) is 1. The first-order valence-corrected chi connectivity index (χ1v) is 27.9. The fraction of sp³-hybridized carbons (Fsp3) is 0.593. The maximum absolute atomic E-state index is 12.8. The highest BCUT2D eigenvalue weighted by Crippen LogP contribution is 2.43. The van der Waals surface area contributed by atoms with E-state index in [0.29, 0.717) is 23.9 Å². The Morgan fingerprint density at radius 2 is 0.826 bits per heavy atom. The molecule has 0 amide bonds. The van der Waals surface area contributed by atoms with Crippen molar-refractivity contribution in [1.82, 2.24) is 0 Å². The number of ether oxygens (including phenoxy) is 2. The van der Waals surface area contributed by atoms with E-state index in [1.54, 1.807) is 0 Å². The maximum Gasteiger partial charge on any atom is 0.472 e. The van der Waals surface area contributed by atoms with E-state index in [-0.39, 0.29) is 26.1 Å². The second-order valence-corrected chi connectivity index (χ2v) is 19.6. The summed E-state index contributed by atoms with van der Waals surface area (Å²) in [5.74, 6) is -0.867. The molecule has 2 atom stereocenters. The van der Waals surface area contributed by atoms with E-state index in [9.17, 15) is 19.0 Å². The summed E-state index contributed by atoms with van der Waals surface area (Å²) in [5, 5.41) is 0. The summed E-state index contributed by atoms with van der Waals surface area (Å²) in [7, 11) is 1.42. The van der Waals surface area contributed by atoms with Crippen LogP contribution in [0, 0.1) is 0 Å². The lowest BCUT2D eigenvalue weighted by Crippen LogP contribution is -2.37. The van der Waals surface area contributed by atoms with Crippen LogP contribution in [0.5, 0.6) is 0 Å². The van der Waals surface area contributed by atoms with Crippen molar-refractivity contribution in [3.63, 3.8) is 0 Å². The first kappa shape index (κ1) is 65.1. The maximum atomic E-state index is 12.8. The van der Waals surface area contributed by atoms with Gasteiger partial charge in [-0.3, -0.25) is 18.6 Å². The van der Waals surface area contributed by atoms with Gasteiger partial charge in [0.15, 0.2) is 6.10 Å². The van der Waals surface area contributed by atoms with E-state index < -0.39 is 32.5 Å². The van der Waals surface area contributed by atoms with Crippen LogP contribution in [0.15, 0.2) is 134 Å². The molecule has 0 spiro atoms. The molecule has 0 radical (unpaired) electrons. The number of phosphoric acid groups is 1. The number of esters is 2. The van der Waals surface area contributed by atoms with Crippen LogP contribution in [-0.4, -0.2) is 74.9 Å². The third-order valence-corrected chi connectivity index (χ3v) is 11.4. The normalized spacial score (nSPS) is 14.5. The summed E-state index contributed by atoms with van der Waals surface area (Å²) in [4.78, 5) is 35.5. The van der Waals surface area contributed by atoms with Crippen LogP contribution in [0.3, 0.4) is 0 Å². The SMILES string of the molecule is CC/C=C\C/C=C\C/C=C\C/C=C\C/C=C\C/C=C\C/C=C\C/C=C\C/C=C\CCCCCC(=O)OC(COC(=O)CCCCCCC/C=C\C/C=C\CCCC)COP(=O)(O)OCC[N+](C)(C)C. The molecule has 0 aliphatic carbocycles. The van der Waals surface area contributed by atoms with Crippen molar-refractivity contribution >= 4 is 19.8 Å². The minimum atomic E-state index is -4.40. The van der Waals surface area contributed by atoms with Crippen LogP contribution in [-0.2, 0) is 32.7 Å². The predicted molar refractivity (Wildman–Crippen MR) is 293 cm³/mol. The fourth-order valence-electron chi connectivity index (χ4n) is 6.32. The Balaban J connectivity index is 4.33. The van der Waals surface area contributed by atoms with Gasteiger partial charge in [-0.25, -0.2) is 4.57 Å². The number of carbonyl (C=O) groups is 2. The molecule has 0 heterocycles. The molecule has 0 aliphatic rings. The van der Waals surface area contributed by atoms with Crippen molar-refractivity contribution in [3.8, 4) is 0 Å². The van der Waals surface area contributed by atoms with E-state index in [2.05, 4.69) is 148 Å². The minimum Gasteiger partial charge on any atom is -0.462 e. The topological polar surface area (TPSA) is 108 Å². The molecule has 0 rings (SSSR count). The summed E-state index contributed by atoms with van der Waals surface area (Å²) in [6.07, 6.45) is 70.8. The molecule has 1 N–H and O–H groups in total. The van der Waals surface area contributed by atoms with Crippen molar-refractivity contribution < 1.29 is 42.1 Å². The van der Waals surface area contributed by atoms with Gasteiger partial charge in [0.2, 0.25) is 0 Å². The Hall–Kier alpha value is -3.85. The summed E-state index contributed by atoms with van der Waals surface area (Å²) in [5.41, 5.74) is 0. The number of hydrogen-bond acceptors (Lipinski definition) is 7. The van der Waals surface area contributed by atoms with Crippen LogP contribution in [0.25, 0.3) is 0 Å². The molecule has 69 heavy (non-hydrogen) atoms. The number of nitrogens with zero attached hydrogens (tertiary/aromatic N) is 1. The van der Waals surface area contributed by atoms with Gasteiger partial charge in [-0.1, -0.05) is 186 Å². The van der Waals surface area contributed by atoms with E-state index in [4.69, 9.17) is 18.5 Å². The lowest BCUT2D eigenvalue weighted by Gasteiger charge is -2.24. The molecule has 10 heteroatoms. The number of rotatable bonds is 46. The van der Waals surface area contributed by atoms with Crippen LogP contribution in [0.2, 0.25) is 0 Å². The second-order valence-electron chi connectivity index (χ2n) is 18.2. The first-order chi connectivity index (χ1) is 33.5. The number of allylic oxidation sites excluding steroid dienone is 22. The van der Waals surface area contributed by atoms with Crippen molar-refractivity contribution in [3.05, 3.63) is 134 Å². The number of unbranched alkanes of at least 4 members (excludes halogenated alkanes) is 10.